The fraction of sp³-hybridized carbons (Fsp3) is 0.133. The van der Waals surface area contributed by atoms with Crippen molar-refractivity contribution in [3.63, 3.8) is 0 Å². The van der Waals surface area contributed by atoms with E-state index in [-0.39, 0.29) is 10.7 Å². The summed E-state index contributed by atoms with van der Waals surface area (Å²) in [6.45, 7) is 1.92. The van der Waals surface area contributed by atoms with E-state index in [9.17, 15) is 13.2 Å². The molecule has 0 spiro atoms. The lowest BCUT2D eigenvalue weighted by atomic mass is 10.1. The van der Waals surface area contributed by atoms with Gasteiger partial charge in [-0.25, -0.2) is 0 Å². The number of benzene rings is 2. The van der Waals surface area contributed by atoms with Crippen LogP contribution in [0.5, 0.6) is 0 Å². The number of rotatable bonds is 3. The number of hydrazone groups is 1. The average Bonchev–Trinajstić information content (AvgIpc) is 2.41. The summed E-state index contributed by atoms with van der Waals surface area (Å²) in [7, 11) is 0. The molecular weight excluding hydrogens is 301 g/mol. The molecule has 0 atom stereocenters. The Morgan fingerprint density at radius 1 is 1.14 bits per heavy atom. The summed E-state index contributed by atoms with van der Waals surface area (Å²) in [5.74, 6) is 0. The Balaban J connectivity index is 2.18. The van der Waals surface area contributed by atoms with Crippen LogP contribution in [-0.4, -0.2) is 6.21 Å². The maximum atomic E-state index is 12.6. The molecule has 2 aromatic rings. The number of anilines is 1. The third kappa shape index (κ3) is 3.98. The molecule has 0 aliphatic rings. The van der Waals surface area contributed by atoms with Gasteiger partial charge >= 0.3 is 6.18 Å². The van der Waals surface area contributed by atoms with E-state index in [0.29, 0.717) is 0 Å². The molecule has 0 radical (unpaired) electrons. The first-order chi connectivity index (χ1) is 9.88. The van der Waals surface area contributed by atoms with Gasteiger partial charge in [-0.15, -0.1) is 0 Å². The first-order valence-electron chi connectivity index (χ1n) is 6.09. The maximum absolute atomic E-state index is 12.6. The van der Waals surface area contributed by atoms with Gasteiger partial charge in [0.1, 0.15) is 0 Å². The Kier molecular flexibility index (Phi) is 4.53. The lowest BCUT2D eigenvalue weighted by molar-refractivity contribution is -0.137. The van der Waals surface area contributed by atoms with E-state index in [1.807, 2.05) is 31.2 Å². The summed E-state index contributed by atoms with van der Waals surface area (Å²) < 4.78 is 37.9. The summed E-state index contributed by atoms with van der Waals surface area (Å²) in [6.07, 6.45) is -2.88. The predicted octanol–water partition coefficient (Wildman–Crippen LogP) is 5.11. The van der Waals surface area contributed by atoms with Gasteiger partial charge < -0.3 is 0 Å². The lowest BCUT2D eigenvalue weighted by Gasteiger charge is -2.09. The highest BCUT2D eigenvalue weighted by Gasteiger charge is 2.30. The van der Waals surface area contributed by atoms with Gasteiger partial charge in [0, 0.05) is 0 Å². The van der Waals surface area contributed by atoms with Crippen LogP contribution in [0.4, 0.5) is 18.9 Å². The first kappa shape index (κ1) is 15.4. The fourth-order valence-corrected chi connectivity index (χ4v) is 1.85. The number of hydrogen-bond donors (Lipinski definition) is 1. The zero-order valence-corrected chi connectivity index (χ0v) is 11.8. The molecule has 0 amide bonds. The number of aryl methyl sites for hydroxylation is 1. The SMILES string of the molecule is Cc1ccccc1/C=N/Nc1cc(C(F)(F)F)ccc1Cl. The molecule has 2 rings (SSSR count). The van der Waals surface area contributed by atoms with Gasteiger partial charge in [-0.1, -0.05) is 35.9 Å². The molecule has 110 valence electrons. The van der Waals surface area contributed by atoms with Crippen LogP contribution in [0.2, 0.25) is 5.02 Å². The normalized spacial score (nSPS) is 11.9. The Morgan fingerprint density at radius 2 is 1.86 bits per heavy atom. The minimum Gasteiger partial charge on any atom is -0.277 e. The second-order valence-corrected chi connectivity index (χ2v) is 4.83. The van der Waals surface area contributed by atoms with Crippen molar-refractivity contribution in [3.05, 3.63) is 64.2 Å². The van der Waals surface area contributed by atoms with Gasteiger partial charge in [0.2, 0.25) is 0 Å². The summed E-state index contributed by atoms with van der Waals surface area (Å²) in [5, 5.41) is 4.10. The topological polar surface area (TPSA) is 24.4 Å². The van der Waals surface area contributed by atoms with Gasteiger partial charge in [-0.3, -0.25) is 5.43 Å². The van der Waals surface area contributed by atoms with Crippen LogP contribution < -0.4 is 5.43 Å². The monoisotopic (exact) mass is 312 g/mol. The van der Waals surface area contributed by atoms with E-state index in [4.69, 9.17) is 11.6 Å². The minimum absolute atomic E-state index is 0.108. The molecule has 0 unspecified atom stereocenters. The van der Waals surface area contributed by atoms with Crippen LogP contribution in [0, 0.1) is 6.92 Å². The van der Waals surface area contributed by atoms with Crippen LogP contribution in [0.25, 0.3) is 0 Å². The van der Waals surface area contributed by atoms with E-state index in [0.717, 1.165) is 23.3 Å². The average molecular weight is 313 g/mol. The van der Waals surface area contributed by atoms with E-state index < -0.39 is 11.7 Å². The first-order valence-corrected chi connectivity index (χ1v) is 6.47. The van der Waals surface area contributed by atoms with Gasteiger partial charge in [-0.05, 0) is 36.2 Å². The molecule has 0 saturated heterocycles. The van der Waals surface area contributed by atoms with Crippen molar-refractivity contribution in [1.82, 2.24) is 0 Å². The van der Waals surface area contributed by atoms with Crippen LogP contribution in [-0.2, 0) is 6.18 Å². The van der Waals surface area contributed by atoms with Crippen molar-refractivity contribution in [2.24, 2.45) is 5.10 Å². The van der Waals surface area contributed by atoms with E-state index in [1.54, 1.807) is 0 Å². The Hall–Kier alpha value is -2.01. The number of halogens is 4. The van der Waals surface area contributed by atoms with Crippen molar-refractivity contribution in [1.29, 1.82) is 0 Å². The minimum atomic E-state index is -4.42. The summed E-state index contributed by atoms with van der Waals surface area (Å²) in [5.41, 5.74) is 3.75. The van der Waals surface area contributed by atoms with Crippen LogP contribution >= 0.6 is 11.6 Å². The molecule has 6 heteroatoms. The molecule has 1 N–H and O–H groups in total. The fourth-order valence-electron chi connectivity index (χ4n) is 1.69. The van der Waals surface area contributed by atoms with E-state index in [2.05, 4.69) is 10.5 Å². The molecule has 0 aliphatic carbocycles. The lowest BCUT2D eigenvalue weighted by Crippen LogP contribution is -2.05. The molecule has 2 aromatic carbocycles. The second kappa shape index (κ2) is 6.18. The Morgan fingerprint density at radius 3 is 2.52 bits per heavy atom. The van der Waals surface area contributed by atoms with Crippen LogP contribution in [0.3, 0.4) is 0 Å². The van der Waals surface area contributed by atoms with Crippen molar-refractivity contribution >= 4 is 23.5 Å². The number of nitrogens with zero attached hydrogens (tertiary/aromatic N) is 1. The predicted molar refractivity (Wildman–Crippen MR) is 78.8 cm³/mol. The highest BCUT2D eigenvalue weighted by atomic mass is 35.5. The van der Waals surface area contributed by atoms with Crippen LogP contribution in [0.1, 0.15) is 16.7 Å². The van der Waals surface area contributed by atoms with Crippen molar-refractivity contribution in [2.75, 3.05) is 5.43 Å². The second-order valence-electron chi connectivity index (χ2n) is 4.42. The summed E-state index contributed by atoms with van der Waals surface area (Å²) in [6, 6.07) is 10.6. The van der Waals surface area contributed by atoms with Gasteiger partial charge in [0.25, 0.3) is 0 Å². The summed E-state index contributed by atoms with van der Waals surface area (Å²) >= 11 is 5.86. The molecule has 2 nitrogen and oxygen atoms in total. The zero-order chi connectivity index (χ0) is 15.5. The summed E-state index contributed by atoms with van der Waals surface area (Å²) in [4.78, 5) is 0. The van der Waals surface area contributed by atoms with Gasteiger partial charge in [0.05, 0.1) is 22.5 Å². The van der Waals surface area contributed by atoms with E-state index >= 15 is 0 Å². The molecule has 21 heavy (non-hydrogen) atoms. The number of alkyl halides is 3. The number of hydrogen-bond acceptors (Lipinski definition) is 2. The molecule has 0 saturated carbocycles. The zero-order valence-electron chi connectivity index (χ0n) is 11.1. The maximum Gasteiger partial charge on any atom is 0.416 e. The highest BCUT2D eigenvalue weighted by Crippen LogP contribution is 2.33. The van der Waals surface area contributed by atoms with Crippen LogP contribution in [0.15, 0.2) is 47.6 Å². The Labute approximate surface area is 125 Å². The van der Waals surface area contributed by atoms with Crippen molar-refractivity contribution < 1.29 is 13.2 Å². The number of nitrogens with one attached hydrogen (secondary N) is 1. The molecule has 0 aromatic heterocycles. The smallest absolute Gasteiger partial charge is 0.277 e. The third-order valence-electron chi connectivity index (χ3n) is 2.87. The van der Waals surface area contributed by atoms with Gasteiger partial charge in [-0.2, -0.15) is 18.3 Å². The molecule has 0 heterocycles. The Bertz CT molecular complexity index is 666. The largest absolute Gasteiger partial charge is 0.416 e. The highest BCUT2D eigenvalue weighted by molar-refractivity contribution is 6.33. The van der Waals surface area contributed by atoms with Crippen molar-refractivity contribution in [2.45, 2.75) is 13.1 Å². The molecule has 0 fully saturated rings. The standard InChI is InChI=1S/C15H12ClF3N2/c1-10-4-2-3-5-11(10)9-20-21-14-8-12(15(17,18)19)6-7-13(14)16/h2-9,21H,1H3/b20-9+. The van der Waals surface area contributed by atoms with Crippen molar-refractivity contribution in [3.8, 4) is 0 Å². The third-order valence-corrected chi connectivity index (χ3v) is 3.20. The molecular formula is C15H12ClF3N2. The van der Waals surface area contributed by atoms with E-state index in [1.165, 1.54) is 12.3 Å². The molecule has 0 bridgehead atoms. The quantitative estimate of drug-likeness (QED) is 0.618. The van der Waals surface area contributed by atoms with Gasteiger partial charge in [0.15, 0.2) is 0 Å². The molecule has 0 aliphatic heterocycles.